The summed E-state index contributed by atoms with van der Waals surface area (Å²) in [6, 6.07) is 0. The highest BCUT2D eigenvalue weighted by atomic mass is 35.5. The van der Waals surface area contributed by atoms with Gasteiger partial charge in [-0.3, -0.25) is 4.90 Å². The third-order valence-electron chi connectivity index (χ3n) is 3.80. The van der Waals surface area contributed by atoms with E-state index in [2.05, 4.69) is 27.5 Å². The van der Waals surface area contributed by atoms with Crippen LogP contribution >= 0.6 is 23.7 Å². The van der Waals surface area contributed by atoms with Crippen LogP contribution in [0.4, 0.5) is 0 Å². The second kappa shape index (κ2) is 8.90. The Balaban J connectivity index is 0.00000180. The molecule has 2 rings (SSSR count). The Hall–Kier alpha value is -0.160. The summed E-state index contributed by atoms with van der Waals surface area (Å²) >= 11 is 1.80. The smallest absolute Gasteiger partial charge is 0.0926 e. The third-order valence-corrected chi connectivity index (χ3v) is 4.84. The Morgan fingerprint density at radius 2 is 2.16 bits per heavy atom. The van der Waals surface area contributed by atoms with Crippen LogP contribution in [-0.2, 0) is 13.0 Å². The van der Waals surface area contributed by atoms with Gasteiger partial charge in [0.2, 0.25) is 0 Å². The number of likely N-dealkylation sites (tertiary alicyclic amines) is 1. The van der Waals surface area contributed by atoms with Crippen LogP contribution in [0, 0.1) is 5.92 Å². The number of piperidine rings is 1. The Morgan fingerprint density at radius 3 is 2.74 bits per heavy atom. The molecule has 0 atom stereocenters. The second-order valence-electron chi connectivity index (χ2n) is 5.20. The quantitative estimate of drug-likeness (QED) is 0.876. The lowest BCUT2D eigenvalue weighted by atomic mass is 9.93. The fourth-order valence-corrected chi connectivity index (χ4v) is 3.33. The first-order chi connectivity index (χ1) is 8.81. The highest BCUT2D eigenvalue weighted by molar-refractivity contribution is 7.09. The molecule has 3 nitrogen and oxygen atoms in total. The largest absolute Gasteiger partial charge is 0.320 e. The minimum absolute atomic E-state index is 0. The van der Waals surface area contributed by atoms with Crippen LogP contribution in [0.2, 0.25) is 0 Å². The average Bonchev–Trinajstić information content (AvgIpc) is 2.86. The number of hydrogen-bond acceptors (Lipinski definition) is 4. The molecule has 1 aliphatic heterocycles. The topological polar surface area (TPSA) is 28.2 Å². The van der Waals surface area contributed by atoms with E-state index in [0.29, 0.717) is 0 Å². The predicted molar refractivity (Wildman–Crippen MR) is 85.3 cm³/mol. The number of nitrogens with zero attached hydrogens (tertiary/aromatic N) is 2. The minimum atomic E-state index is 0. The number of nitrogens with one attached hydrogen (secondary N) is 1. The van der Waals surface area contributed by atoms with E-state index < -0.39 is 0 Å². The Morgan fingerprint density at radius 1 is 1.42 bits per heavy atom. The molecule has 0 radical (unpaired) electrons. The summed E-state index contributed by atoms with van der Waals surface area (Å²) in [5.41, 5.74) is 1.27. The van der Waals surface area contributed by atoms with Crippen LogP contribution < -0.4 is 5.32 Å². The molecule has 1 N–H and O–H groups in total. The van der Waals surface area contributed by atoms with Crippen LogP contribution in [0.1, 0.15) is 36.9 Å². The van der Waals surface area contributed by atoms with Crippen molar-refractivity contribution in [2.45, 2.75) is 39.2 Å². The zero-order valence-electron chi connectivity index (χ0n) is 12.0. The van der Waals surface area contributed by atoms with E-state index in [1.54, 1.807) is 11.3 Å². The summed E-state index contributed by atoms with van der Waals surface area (Å²) in [4.78, 5) is 7.22. The van der Waals surface area contributed by atoms with Crippen LogP contribution in [0.25, 0.3) is 0 Å². The lowest BCUT2D eigenvalue weighted by molar-refractivity contribution is 0.171. The molecular formula is C14H26ClN3S. The van der Waals surface area contributed by atoms with Gasteiger partial charge in [0.25, 0.3) is 0 Å². The molecule has 0 amide bonds. The number of aryl methyl sites for hydroxylation is 1. The van der Waals surface area contributed by atoms with Gasteiger partial charge in [-0.05, 0) is 58.3 Å². The van der Waals surface area contributed by atoms with Crippen molar-refractivity contribution in [3.05, 3.63) is 16.1 Å². The van der Waals surface area contributed by atoms with Gasteiger partial charge < -0.3 is 5.32 Å². The normalized spacial score (nSPS) is 17.4. The summed E-state index contributed by atoms with van der Waals surface area (Å²) in [6.07, 6.45) is 5.11. The molecule has 1 aromatic heterocycles. The van der Waals surface area contributed by atoms with Crippen molar-refractivity contribution < 1.29 is 0 Å². The number of thiazole rings is 1. The van der Waals surface area contributed by atoms with E-state index in [9.17, 15) is 0 Å². The fourth-order valence-electron chi connectivity index (χ4n) is 2.59. The molecule has 19 heavy (non-hydrogen) atoms. The lowest BCUT2D eigenvalue weighted by Crippen LogP contribution is -2.34. The van der Waals surface area contributed by atoms with Crippen LogP contribution in [-0.4, -0.2) is 36.6 Å². The van der Waals surface area contributed by atoms with Crippen LogP contribution in [0.5, 0.6) is 0 Å². The van der Waals surface area contributed by atoms with Gasteiger partial charge in [0.15, 0.2) is 0 Å². The molecule has 110 valence electrons. The van der Waals surface area contributed by atoms with Gasteiger partial charge in [0.05, 0.1) is 10.7 Å². The maximum absolute atomic E-state index is 4.66. The number of rotatable bonds is 6. The van der Waals surface area contributed by atoms with Gasteiger partial charge in [0.1, 0.15) is 0 Å². The summed E-state index contributed by atoms with van der Waals surface area (Å²) < 4.78 is 0. The fraction of sp³-hybridized carbons (Fsp3) is 0.786. The molecule has 1 saturated heterocycles. The van der Waals surface area contributed by atoms with E-state index >= 15 is 0 Å². The van der Waals surface area contributed by atoms with Gasteiger partial charge in [-0.2, -0.15) is 0 Å². The van der Waals surface area contributed by atoms with Crippen molar-refractivity contribution in [3.63, 3.8) is 0 Å². The van der Waals surface area contributed by atoms with Crippen molar-refractivity contribution in [2.75, 3.05) is 26.7 Å². The zero-order chi connectivity index (χ0) is 12.8. The Kier molecular flexibility index (Phi) is 7.91. The van der Waals surface area contributed by atoms with E-state index in [-0.39, 0.29) is 12.4 Å². The summed E-state index contributed by atoms with van der Waals surface area (Å²) in [6.45, 7) is 6.88. The molecule has 0 spiro atoms. The summed E-state index contributed by atoms with van der Waals surface area (Å²) in [7, 11) is 2.04. The Bertz CT molecular complexity index is 348. The first-order valence-electron chi connectivity index (χ1n) is 7.12. The average molecular weight is 304 g/mol. The standard InChI is InChI=1S/C14H25N3S.ClH/c1-3-14-16-13(11-18-14)10-17-8-5-12(6-9-17)4-7-15-2;/h11-12,15H,3-10H2,1-2H3;1H. The number of hydrogen-bond donors (Lipinski definition) is 1. The van der Waals surface area contributed by atoms with Gasteiger partial charge in [-0.1, -0.05) is 6.92 Å². The molecular weight excluding hydrogens is 278 g/mol. The highest BCUT2D eigenvalue weighted by Crippen LogP contribution is 2.22. The molecule has 2 heterocycles. The van der Waals surface area contributed by atoms with Crippen LogP contribution in [0.3, 0.4) is 0 Å². The van der Waals surface area contributed by atoms with Crippen molar-refractivity contribution >= 4 is 23.7 Å². The molecule has 0 aliphatic carbocycles. The number of aromatic nitrogens is 1. The predicted octanol–water partition coefficient (Wildman–Crippen LogP) is 2.95. The maximum Gasteiger partial charge on any atom is 0.0926 e. The molecule has 1 fully saturated rings. The maximum atomic E-state index is 4.66. The van der Waals surface area contributed by atoms with E-state index in [4.69, 9.17) is 0 Å². The molecule has 0 bridgehead atoms. The minimum Gasteiger partial charge on any atom is -0.320 e. The van der Waals surface area contributed by atoms with E-state index in [1.807, 2.05) is 7.05 Å². The van der Waals surface area contributed by atoms with Crippen molar-refractivity contribution in [1.29, 1.82) is 0 Å². The van der Waals surface area contributed by atoms with E-state index in [1.165, 1.54) is 43.1 Å². The van der Waals surface area contributed by atoms with Crippen molar-refractivity contribution in [3.8, 4) is 0 Å². The van der Waals surface area contributed by atoms with Gasteiger partial charge >= 0.3 is 0 Å². The molecule has 0 unspecified atom stereocenters. The van der Waals surface area contributed by atoms with Crippen molar-refractivity contribution in [1.82, 2.24) is 15.2 Å². The molecule has 5 heteroatoms. The second-order valence-corrected chi connectivity index (χ2v) is 6.14. The molecule has 0 saturated carbocycles. The molecule has 1 aromatic rings. The lowest BCUT2D eigenvalue weighted by Gasteiger charge is -2.31. The zero-order valence-corrected chi connectivity index (χ0v) is 13.7. The van der Waals surface area contributed by atoms with Crippen molar-refractivity contribution in [2.24, 2.45) is 5.92 Å². The Labute approximate surface area is 127 Å². The molecule has 1 aliphatic rings. The summed E-state index contributed by atoms with van der Waals surface area (Å²) in [5, 5.41) is 6.75. The summed E-state index contributed by atoms with van der Waals surface area (Å²) in [5.74, 6) is 0.926. The van der Waals surface area contributed by atoms with Gasteiger partial charge in [0, 0.05) is 11.9 Å². The van der Waals surface area contributed by atoms with Gasteiger partial charge in [-0.25, -0.2) is 4.98 Å². The number of halogens is 1. The first-order valence-corrected chi connectivity index (χ1v) is 8.00. The molecule has 0 aromatic carbocycles. The van der Waals surface area contributed by atoms with E-state index in [0.717, 1.165) is 25.4 Å². The first kappa shape index (κ1) is 16.9. The monoisotopic (exact) mass is 303 g/mol. The van der Waals surface area contributed by atoms with Gasteiger partial charge in [-0.15, -0.1) is 23.7 Å². The van der Waals surface area contributed by atoms with Crippen LogP contribution in [0.15, 0.2) is 5.38 Å². The highest BCUT2D eigenvalue weighted by Gasteiger charge is 2.19. The SMILES string of the molecule is CCc1nc(CN2CCC(CCNC)CC2)cs1.Cl. The third kappa shape index (κ3) is 5.38.